The molecule has 1 unspecified atom stereocenters. The summed E-state index contributed by atoms with van der Waals surface area (Å²) in [6, 6.07) is 5.39. The van der Waals surface area contributed by atoms with E-state index in [2.05, 4.69) is 5.32 Å². The minimum Gasteiger partial charge on any atom is -0.495 e. The normalized spacial score (nSPS) is 12.6. The van der Waals surface area contributed by atoms with Crippen LogP contribution in [0.2, 0.25) is 5.02 Å². The van der Waals surface area contributed by atoms with Crippen molar-refractivity contribution in [1.82, 2.24) is 5.32 Å². The number of benzene rings is 1. The fourth-order valence-corrected chi connectivity index (χ4v) is 2.12. The molecule has 1 aromatic rings. The highest BCUT2D eigenvalue weighted by atomic mass is 35.5. The van der Waals surface area contributed by atoms with E-state index in [-0.39, 0.29) is 18.4 Å². The molecule has 0 saturated carbocycles. The Labute approximate surface area is 135 Å². The van der Waals surface area contributed by atoms with E-state index in [4.69, 9.17) is 21.4 Å². The van der Waals surface area contributed by atoms with Crippen LogP contribution in [-0.4, -0.2) is 30.6 Å². The third-order valence-electron chi connectivity index (χ3n) is 3.49. The summed E-state index contributed by atoms with van der Waals surface area (Å²) < 4.78 is 5.08. The van der Waals surface area contributed by atoms with E-state index in [0.717, 1.165) is 5.56 Å². The Balaban J connectivity index is 2.61. The number of carboxylic acids is 1. The standard InChI is InChI=1S/C16H22ClNO4/c1-10(14(19)18-9-16(2,3)15(20)21)7-11-5-6-13(22-4)12(17)8-11/h5-6,8,10H,7,9H2,1-4H3,(H,18,19)(H,20,21). The summed E-state index contributed by atoms with van der Waals surface area (Å²) in [7, 11) is 1.54. The molecule has 0 saturated heterocycles. The number of nitrogens with one attached hydrogen (secondary N) is 1. The average molecular weight is 328 g/mol. The van der Waals surface area contributed by atoms with E-state index >= 15 is 0 Å². The van der Waals surface area contributed by atoms with Gasteiger partial charge < -0.3 is 15.2 Å². The van der Waals surface area contributed by atoms with E-state index in [9.17, 15) is 9.59 Å². The van der Waals surface area contributed by atoms with Gasteiger partial charge in [-0.3, -0.25) is 9.59 Å². The summed E-state index contributed by atoms with van der Waals surface area (Å²) in [5.74, 6) is -0.816. The lowest BCUT2D eigenvalue weighted by atomic mass is 9.93. The first kappa shape index (κ1) is 18.3. The molecule has 2 N–H and O–H groups in total. The van der Waals surface area contributed by atoms with Crippen LogP contribution in [0.1, 0.15) is 26.3 Å². The summed E-state index contributed by atoms with van der Waals surface area (Å²) in [6.45, 7) is 5.03. The Morgan fingerprint density at radius 2 is 2.05 bits per heavy atom. The minimum atomic E-state index is -0.987. The van der Waals surface area contributed by atoms with Crippen LogP contribution in [0.3, 0.4) is 0 Å². The van der Waals surface area contributed by atoms with Crippen LogP contribution in [0.5, 0.6) is 5.75 Å². The molecule has 122 valence electrons. The molecule has 1 rings (SSSR count). The molecule has 0 bridgehead atoms. The maximum absolute atomic E-state index is 12.1. The lowest BCUT2D eigenvalue weighted by Gasteiger charge is -2.21. The van der Waals surface area contributed by atoms with Crippen molar-refractivity contribution in [1.29, 1.82) is 0 Å². The SMILES string of the molecule is COc1ccc(CC(C)C(=O)NCC(C)(C)C(=O)O)cc1Cl. The van der Waals surface area contributed by atoms with E-state index in [1.54, 1.807) is 40.0 Å². The highest BCUT2D eigenvalue weighted by Crippen LogP contribution is 2.26. The fourth-order valence-electron chi connectivity index (χ4n) is 1.84. The van der Waals surface area contributed by atoms with Gasteiger partial charge in [0.25, 0.3) is 0 Å². The zero-order valence-electron chi connectivity index (χ0n) is 13.3. The molecule has 22 heavy (non-hydrogen) atoms. The summed E-state index contributed by atoms with van der Waals surface area (Å²) in [4.78, 5) is 23.1. The summed E-state index contributed by atoms with van der Waals surface area (Å²) in [5.41, 5.74) is -0.0651. The quantitative estimate of drug-likeness (QED) is 0.807. The van der Waals surface area contributed by atoms with E-state index in [1.165, 1.54) is 0 Å². The first-order valence-electron chi connectivity index (χ1n) is 7.01. The molecule has 1 amide bonds. The molecule has 1 aromatic carbocycles. The van der Waals surface area contributed by atoms with Gasteiger partial charge in [0.05, 0.1) is 17.5 Å². The van der Waals surface area contributed by atoms with Crippen molar-refractivity contribution in [2.45, 2.75) is 27.2 Å². The van der Waals surface area contributed by atoms with Crippen molar-refractivity contribution < 1.29 is 19.4 Å². The van der Waals surface area contributed by atoms with Gasteiger partial charge in [-0.05, 0) is 38.0 Å². The van der Waals surface area contributed by atoms with Crippen LogP contribution < -0.4 is 10.1 Å². The Morgan fingerprint density at radius 3 is 2.55 bits per heavy atom. The van der Waals surface area contributed by atoms with Gasteiger partial charge in [0.1, 0.15) is 5.75 Å². The monoisotopic (exact) mass is 327 g/mol. The van der Waals surface area contributed by atoms with E-state index < -0.39 is 11.4 Å². The molecule has 6 heteroatoms. The number of aliphatic carboxylic acids is 1. The summed E-state index contributed by atoms with van der Waals surface area (Å²) in [6.07, 6.45) is 0.517. The predicted molar refractivity (Wildman–Crippen MR) is 85.3 cm³/mol. The Kier molecular flexibility index (Phi) is 6.23. The largest absolute Gasteiger partial charge is 0.495 e. The fraction of sp³-hybridized carbons (Fsp3) is 0.500. The number of amides is 1. The number of ether oxygens (including phenoxy) is 1. The predicted octanol–water partition coefficient (Wildman–Crippen LogP) is 2.75. The molecule has 0 aliphatic heterocycles. The maximum Gasteiger partial charge on any atom is 0.310 e. The number of hydrogen-bond donors (Lipinski definition) is 2. The molecule has 5 nitrogen and oxygen atoms in total. The van der Waals surface area contributed by atoms with Crippen LogP contribution in [0.15, 0.2) is 18.2 Å². The van der Waals surface area contributed by atoms with Gasteiger partial charge in [-0.15, -0.1) is 0 Å². The number of methoxy groups -OCH3 is 1. The minimum absolute atomic E-state index is 0.0921. The molecule has 1 atom stereocenters. The number of carboxylic acid groups (broad SMARTS) is 1. The van der Waals surface area contributed by atoms with Gasteiger partial charge in [-0.25, -0.2) is 0 Å². The summed E-state index contributed by atoms with van der Waals surface area (Å²) >= 11 is 6.06. The number of rotatable bonds is 7. The van der Waals surface area contributed by atoms with E-state index in [0.29, 0.717) is 17.2 Å². The van der Waals surface area contributed by atoms with Gasteiger partial charge in [-0.2, -0.15) is 0 Å². The number of hydrogen-bond acceptors (Lipinski definition) is 3. The highest BCUT2D eigenvalue weighted by molar-refractivity contribution is 6.32. The van der Waals surface area contributed by atoms with Crippen LogP contribution in [0.25, 0.3) is 0 Å². The Bertz CT molecular complexity index is 557. The molecule has 0 heterocycles. The van der Waals surface area contributed by atoms with Crippen LogP contribution in [0.4, 0.5) is 0 Å². The lowest BCUT2D eigenvalue weighted by Crippen LogP contribution is -2.41. The molecule has 0 aromatic heterocycles. The second-order valence-corrected chi connectivity index (χ2v) is 6.39. The van der Waals surface area contributed by atoms with Gasteiger partial charge >= 0.3 is 5.97 Å². The third-order valence-corrected chi connectivity index (χ3v) is 3.78. The average Bonchev–Trinajstić information content (AvgIpc) is 2.44. The smallest absolute Gasteiger partial charge is 0.310 e. The second kappa shape index (κ2) is 7.49. The zero-order chi connectivity index (χ0) is 16.9. The van der Waals surface area contributed by atoms with Gasteiger partial charge in [0.2, 0.25) is 5.91 Å². The van der Waals surface area contributed by atoms with Gasteiger partial charge in [0, 0.05) is 12.5 Å². The molecule has 0 aliphatic carbocycles. The molecular formula is C16H22ClNO4. The lowest BCUT2D eigenvalue weighted by molar-refractivity contribution is -0.146. The topological polar surface area (TPSA) is 75.6 Å². The number of carbonyl (C=O) groups is 2. The zero-order valence-corrected chi connectivity index (χ0v) is 14.0. The Hall–Kier alpha value is -1.75. The first-order valence-corrected chi connectivity index (χ1v) is 7.38. The molecular weight excluding hydrogens is 306 g/mol. The van der Waals surface area contributed by atoms with Crippen LogP contribution in [-0.2, 0) is 16.0 Å². The Morgan fingerprint density at radius 1 is 1.41 bits per heavy atom. The van der Waals surface area contributed by atoms with Gasteiger partial charge in [0.15, 0.2) is 0 Å². The highest BCUT2D eigenvalue weighted by Gasteiger charge is 2.28. The van der Waals surface area contributed by atoms with Crippen LogP contribution >= 0.6 is 11.6 Å². The molecule has 0 aliphatic rings. The van der Waals surface area contributed by atoms with Crippen molar-refractivity contribution in [3.63, 3.8) is 0 Å². The number of halogens is 1. The van der Waals surface area contributed by atoms with Crippen molar-refractivity contribution >= 4 is 23.5 Å². The van der Waals surface area contributed by atoms with Crippen molar-refractivity contribution in [3.8, 4) is 5.75 Å². The first-order chi connectivity index (χ1) is 10.2. The maximum atomic E-state index is 12.1. The molecule has 0 spiro atoms. The second-order valence-electron chi connectivity index (χ2n) is 5.98. The molecule has 0 radical (unpaired) electrons. The van der Waals surface area contributed by atoms with Gasteiger partial charge in [-0.1, -0.05) is 24.6 Å². The van der Waals surface area contributed by atoms with E-state index in [1.807, 2.05) is 6.07 Å². The molecule has 0 fully saturated rings. The summed E-state index contributed by atoms with van der Waals surface area (Å²) in [5, 5.41) is 12.2. The van der Waals surface area contributed by atoms with Crippen LogP contribution in [0, 0.1) is 11.3 Å². The number of carbonyl (C=O) groups excluding carboxylic acids is 1. The van der Waals surface area contributed by atoms with Crippen molar-refractivity contribution in [3.05, 3.63) is 28.8 Å². The third kappa shape index (κ3) is 4.91. The van der Waals surface area contributed by atoms with Crippen molar-refractivity contribution in [2.75, 3.05) is 13.7 Å². The van der Waals surface area contributed by atoms with Crippen molar-refractivity contribution in [2.24, 2.45) is 11.3 Å².